The van der Waals surface area contributed by atoms with Crippen molar-refractivity contribution in [2.75, 3.05) is 72.5 Å². The highest BCUT2D eigenvalue weighted by molar-refractivity contribution is 6.04. The molecule has 0 spiro atoms. The SMILES string of the molecule is BN1CCN(CC(=O)O)CCN(C)CCN(CC(=O)O)CC1. The number of carbonyl (C=O) groups is 2. The van der Waals surface area contributed by atoms with Gasteiger partial charge in [0.2, 0.25) is 0 Å². The van der Waals surface area contributed by atoms with Crippen LogP contribution in [-0.4, -0.2) is 122 Å². The molecule has 0 atom stereocenters. The molecule has 0 aliphatic carbocycles. The zero-order chi connectivity index (χ0) is 16.5. The van der Waals surface area contributed by atoms with Crippen molar-refractivity contribution >= 4 is 19.9 Å². The second-order valence-electron chi connectivity index (χ2n) is 5.95. The molecule has 1 fully saturated rings. The molecule has 0 bridgehead atoms. The Labute approximate surface area is 132 Å². The van der Waals surface area contributed by atoms with Crippen molar-refractivity contribution in [3.8, 4) is 0 Å². The fraction of sp³-hybridized carbons (Fsp3) is 0.846. The van der Waals surface area contributed by atoms with E-state index in [2.05, 4.69) is 9.71 Å². The molecule has 0 aromatic heterocycles. The first-order valence-electron chi connectivity index (χ1n) is 7.62. The van der Waals surface area contributed by atoms with Crippen LogP contribution in [0.15, 0.2) is 0 Å². The molecule has 1 heterocycles. The Morgan fingerprint density at radius 2 is 1.18 bits per heavy atom. The molecule has 22 heavy (non-hydrogen) atoms. The van der Waals surface area contributed by atoms with E-state index in [1.165, 1.54) is 0 Å². The molecule has 1 saturated heterocycles. The summed E-state index contributed by atoms with van der Waals surface area (Å²) in [6, 6.07) is 0. The first-order valence-corrected chi connectivity index (χ1v) is 7.62. The number of nitrogens with zero attached hydrogens (tertiary/aromatic N) is 4. The Kier molecular flexibility index (Phi) is 8.40. The molecule has 126 valence electrons. The molecule has 0 aromatic rings. The molecule has 1 rings (SSSR count). The van der Waals surface area contributed by atoms with E-state index in [9.17, 15) is 9.59 Å². The molecule has 8 nitrogen and oxygen atoms in total. The summed E-state index contributed by atoms with van der Waals surface area (Å²) in [6.45, 7) is 6.04. The zero-order valence-electron chi connectivity index (χ0n) is 13.6. The lowest BCUT2D eigenvalue weighted by atomic mass is 10.2. The number of carboxylic acid groups (broad SMARTS) is 2. The zero-order valence-corrected chi connectivity index (χ0v) is 13.6. The van der Waals surface area contributed by atoms with Crippen LogP contribution >= 0.6 is 0 Å². The summed E-state index contributed by atoms with van der Waals surface area (Å²) in [5, 5.41) is 17.9. The van der Waals surface area contributed by atoms with Gasteiger partial charge in [0.25, 0.3) is 0 Å². The topological polar surface area (TPSA) is 87.6 Å². The summed E-state index contributed by atoms with van der Waals surface area (Å²) in [5.74, 6) is -1.60. The minimum atomic E-state index is -0.801. The first kappa shape index (κ1) is 18.9. The van der Waals surface area contributed by atoms with Gasteiger partial charge in [-0.3, -0.25) is 19.4 Å². The van der Waals surface area contributed by atoms with E-state index in [1.807, 2.05) is 24.8 Å². The van der Waals surface area contributed by atoms with E-state index in [4.69, 9.17) is 10.2 Å². The summed E-state index contributed by atoms with van der Waals surface area (Å²) < 4.78 is 0. The van der Waals surface area contributed by atoms with Crippen molar-refractivity contribution in [2.24, 2.45) is 0 Å². The number of likely N-dealkylation sites (N-methyl/N-ethyl adjacent to an activating group) is 1. The van der Waals surface area contributed by atoms with Crippen molar-refractivity contribution in [3.05, 3.63) is 0 Å². The van der Waals surface area contributed by atoms with Gasteiger partial charge in [0, 0.05) is 39.3 Å². The fourth-order valence-corrected chi connectivity index (χ4v) is 2.39. The molecule has 2 N–H and O–H groups in total. The number of hydrogen-bond acceptors (Lipinski definition) is 6. The second kappa shape index (κ2) is 9.78. The summed E-state index contributed by atoms with van der Waals surface area (Å²) in [5.41, 5.74) is 0. The molecular weight excluding hydrogens is 287 g/mol. The van der Waals surface area contributed by atoms with Gasteiger partial charge in [0.1, 0.15) is 0 Å². The molecule has 0 aromatic carbocycles. The average Bonchev–Trinajstić information content (AvgIpc) is 2.42. The van der Waals surface area contributed by atoms with Crippen molar-refractivity contribution in [3.63, 3.8) is 0 Å². The summed E-state index contributed by atoms with van der Waals surface area (Å²) in [4.78, 5) is 30.0. The van der Waals surface area contributed by atoms with Gasteiger partial charge < -0.3 is 19.9 Å². The van der Waals surface area contributed by atoms with Gasteiger partial charge in [0.05, 0.1) is 13.1 Å². The molecular formula is C13H27BN4O4. The minimum Gasteiger partial charge on any atom is -0.480 e. The van der Waals surface area contributed by atoms with Crippen molar-refractivity contribution in [1.82, 2.24) is 19.5 Å². The predicted molar refractivity (Wildman–Crippen MR) is 85.8 cm³/mol. The van der Waals surface area contributed by atoms with Gasteiger partial charge in [-0.05, 0) is 20.1 Å². The Morgan fingerprint density at radius 1 is 0.818 bits per heavy atom. The lowest BCUT2D eigenvalue weighted by Crippen LogP contribution is -2.46. The highest BCUT2D eigenvalue weighted by atomic mass is 16.4. The van der Waals surface area contributed by atoms with Gasteiger partial charge in [-0.1, -0.05) is 0 Å². The highest BCUT2D eigenvalue weighted by Gasteiger charge is 2.16. The third-order valence-corrected chi connectivity index (χ3v) is 3.91. The summed E-state index contributed by atoms with van der Waals surface area (Å²) in [7, 11) is 3.96. The molecule has 1 aliphatic heterocycles. The third-order valence-electron chi connectivity index (χ3n) is 3.91. The highest BCUT2D eigenvalue weighted by Crippen LogP contribution is 1.98. The Balaban J connectivity index is 2.59. The van der Waals surface area contributed by atoms with Gasteiger partial charge >= 0.3 is 11.9 Å². The Bertz CT molecular complexity index is 322. The maximum atomic E-state index is 10.9. The monoisotopic (exact) mass is 314 g/mol. The van der Waals surface area contributed by atoms with E-state index in [-0.39, 0.29) is 13.1 Å². The van der Waals surface area contributed by atoms with Gasteiger partial charge in [-0.25, -0.2) is 0 Å². The second-order valence-corrected chi connectivity index (χ2v) is 5.95. The van der Waals surface area contributed by atoms with Crippen LogP contribution in [0.3, 0.4) is 0 Å². The lowest BCUT2D eigenvalue weighted by Gasteiger charge is -2.31. The lowest BCUT2D eigenvalue weighted by molar-refractivity contribution is -0.139. The van der Waals surface area contributed by atoms with Crippen molar-refractivity contribution in [2.45, 2.75) is 0 Å². The van der Waals surface area contributed by atoms with Crippen molar-refractivity contribution in [1.29, 1.82) is 0 Å². The van der Waals surface area contributed by atoms with Gasteiger partial charge in [0.15, 0.2) is 7.98 Å². The first-order chi connectivity index (χ1) is 10.4. The predicted octanol–water partition coefficient (Wildman–Crippen LogP) is -2.44. The van der Waals surface area contributed by atoms with Gasteiger partial charge in [-0.2, -0.15) is 0 Å². The number of aliphatic carboxylic acids is 2. The number of rotatable bonds is 4. The van der Waals surface area contributed by atoms with E-state index in [0.29, 0.717) is 26.2 Å². The molecule has 1 aliphatic rings. The van der Waals surface area contributed by atoms with Crippen LogP contribution in [-0.2, 0) is 9.59 Å². The molecule has 0 radical (unpaired) electrons. The Hall–Kier alpha value is -1.16. The maximum absolute atomic E-state index is 10.9. The normalized spacial score (nSPS) is 21.9. The molecule has 0 saturated carbocycles. The van der Waals surface area contributed by atoms with Crippen LogP contribution in [0.4, 0.5) is 0 Å². The van der Waals surface area contributed by atoms with E-state index >= 15 is 0 Å². The number of hydrogen-bond donors (Lipinski definition) is 2. The largest absolute Gasteiger partial charge is 0.480 e. The van der Waals surface area contributed by atoms with Crippen LogP contribution in [0.5, 0.6) is 0 Å². The van der Waals surface area contributed by atoms with Crippen LogP contribution in [0, 0.1) is 0 Å². The third kappa shape index (κ3) is 8.33. The van der Waals surface area contributed by atoms with Crippen LogP contribution in [0.1, 0.15) is 0 Å². The minimum absolute atomic E-state index is 0.0623. The van der Waals surface area contributed by atoms with E-state index < -0.39 is 11.9 Å². The van der Waals surface area contributed by atoms with Gasteiger partial charge in [-0.15, -0.1) is 0 Å². The Morgan fingerprint density at radius 3 is 1.55 bits per heavy atom. The van der Waals surface area contributed by atoms with E-state index in [1.54, 1.807) is 0 Å². The maximum Gasteiger partial charge on any atom is 0.317 e. The van der Waals surface area contributed by atoms with Crippen molar-refractivity contribution < 1.29 is 19.8 Å². The summed E-state index contributed by atoms with van der Waals surface area (Å²) >= 11 is 0. The molecule has 0 amide bonds. The smallest absolute Gasteiger partial charge is 0.317 e. The van der Waals surface area contributed by atoms with Crippen LogP contribution in [0.2, 0.25) is 0 Å². The molecule has 0 unspecified atom stereocenters. The molecule has 9 heteroatoms. The fourth-order valence-electron chi connectivity index (χ4n) is 2.39. The quantitative estimate of drug-likeness (QED) is 0.553. The number of carboxylic acids is 2. The van der Waals surface area contributed by atoms with Crippen LogP contribution < -0.4 is 0 Å². The van der Waals surface area contributed by atoms with Crippen LogP contribution in [0.25, 0.3) is 0 Å². The summed E-state index contributed by atoms with van der Waals surface area (Å²) in [6.07, 6.45) is 0. The van der Waals surface area contributed by atoms with E-state index in [0.717, 1.165) is 26.2 Å². The average molecular weight is 314 g/mol. The standard InChI is InChI=1S/C13H27BN4O4/c1-15-2-4-16(10-12(19)20)6-8-18(14)9-7-17(5-3-15)11-13(21)22/h2-11,14H2,1H3,(H,19,20)(H,21,22).